The number of aryl methyl sites for hydroxylation is 2. The molecule has 0 aliphatic carbocycles. The van der Waals surface area contributed by atoms with E-state index in [-0.39, 0.29) is 68.9 Å². The van der Waals surface area contributed by atoms with Crippen LogP contribution >= 0.6 is 0 Å². The van der Waals surface area contributed by atoms with Crippen molar-refractivity contribution in [2.45, 2.75) is 216 Å². The summed E-state index contributed by atoms with van der Waals surface area (Å²) >= 11 is 0. The van der Waals surface area contributed by atoms with Gasteiger partial charge in [-0.25, -0.2) is 16.8 Å². The van der Waals surface area contributed by atoms with Gasteiger partial charge in [-0.3, -0.25) is 0 Å². The van der Waals surface area contributed by atoms with E-state index in [9.17, 15) is 25.9 Å². The molecule has 0 amide bonds. The van der Waals surface area contributed by atoms with Gasteiger partial charge in [0.25, 0.3) is 0 Å². The summed E-state index contributed by atoms with van der Waals surface area (Å²) in [5.74, 6) is 0.718. The topological polar surface area (TPSA) is 124 Å². The molecule has 0 saturated carbocycles. The second-order valence-corrected chi connectivity index (χ2v) is 17.9. The molecule has 2 aromatic rings. The first kappa shape index (κ1) is 55.1. The molecule has 304 valence electrons. The van der Waals surface area contributed by atoms with Crippen molar-refractivity contribution >= 4 is 20.2 Å². The molecular weight excluding hydrogens is 751 g/mol. The van der Waals surface area contributed by atoms with Gasteiger partial charge in [0, 0.05) is 0 Å². The number of hydrogen-bond acceptors (Lipinski definition) is 7. The molecule has 7 nitrogen and oxygen atoms in total. The molecule has 0 aromatic heterocycles. The zero-order chi connectivity index (χ0) is 38.6. The van der Waals surface area contributed by atoms with E-state index in [2.05, 4.69) is 13.8 Å². The summed E-state index contributed by atoms with van der Waals surface area (Å²) in [6.07, 6.45) is 35.2. The van der Waals surface area contributed by atoms with Gasteiger partial charge >= 0.3 is 59.1 Å². The summed E-state index contributed by atoms with van der Waals surface area (Å²) in [7, 11) is -9.31. The standard InChI is InChI=1S/C44H74O7S2.2Na/c1-3-5-7-9-11-13-15-17-19-21-23-25-27-29-31-39-37-42(51-41-33-35-43(36-34-41)52(45,46)47)38-40(44(39)53(48,49)50)32-30-28-26-24-22-20-18-16-14-12-10-8-6-4-2;;/h33-38H,3-32H2,1-2H3,(H,45,46,47)(H,48,49,50);;/q;2*+1/p-2. The molecule has 2 rings (SSSR count). The van der Waals surface area contributed by atoms with E-state index in [1.165, 1.54) is 153 Å². The van der Waals surface area contributed by atoms with Crippen LogP contribution in [-0.4, -0.2) is 25.9 Å². The van der Waals surface area contributed by atoms with E-state index in [4.69, 9.17) is 4.74 Å². The van der Waals surface area contributed by atoms with Crippen LogP contribution in [0.5, 0.6) is 11.5 Å². The quantitative estimate of drug-likeness (QED) is 0.0411. The Morgan fingerprint density at radius 2 is 0.709 bits per heavy atom. The summed E-state index contributed by atoms with van der Waals surface area (Å²) in [6, 6.07) is 8.48. The molecule has 0 unspecified atom stereocenters. The van der Waals surface area contributed by atoms with Crippen molar-refractivity contribution in [2.24, 2.45) is 0 Å². The zero-order valence-electron chi connectivity index (χ0n) is 35.4. The van der Waals surface area contributed by atoms with Gasteiger partial charge in [-0.15, -0.1) is 0 Å². The third kappa shape index (κ3) is 26.7. The van der Waals surface area contributed by atoms with Crippen LogP contribution in [0.2, 0.25) is 0 Å². The molecule has 55 heavy (non-hydrogen) atoms. The molecule has 2 aromatic carbocycles. The Kier molecular flexibility index (Phi) is 33.9. The Hall–Kier alpha value is 0.0600. The third-order valence-corrected chi connectivity index (χ3v) is 12.3. The van der Waals surface area contributed by atoms with E-state index in [1.54, 1.807) is 12.1 Å². The molecule has 0 spiro atoms. The van der Waals surface area contributed by atoms with Gasteiger partial charge in [-0.2, -0.15) is 0 Å². The van der Waals surface area contributed by atoms with Gasteiger partial charge in [0.1, 0.15) is 31.7 Å². The van der Waals surface area contributed by atoms with Gasteiger partial charge in [0.05, 0.1) is 9.79 Å². The van der Waals surface area contributed by atoms with Crippen molar-refractivity contribution in [2.75, 3.05) is 0 Å². The molecular formula is C44H72Na2O7S2. The summed E-state index contributed by atoms with van der Waals surface area (Å²) < 4.78 is 78.3. The molecule has 0 radical (unpaired) electrons. The fraction of sp³-hybridized carbons (Fsp3) is 0.727. The third-order valence-electron chi connectivity index (χ3n) is 10.4. The largest absolute Gasteiger partial charge is 1.00 e. The van der Waals surface area contributed by atoms with Gasteiger partial charge in [0.15, 0.2) is 0 Å². The Morgan fingerprint density at radius 3 is 0.982 bits per heavy atom. The van der Waals surface area contributed by atoms with E-state index >= 15 is 0 Å². The molecule has 0 N–H and O–H groups in total. The summed E-state index contributed by atoms with van der Waals surface area (Å²) in [4.78, 5) is -0.461. The van der Waals surface area contributed by atoms with Crippen molar-refractivity contribution in [1.29, 1.82) is 0 Å². The van der Waals surface area contributed by atoms with Crippen molar-refractivity contribution in [3.8, 4) is 11.5 Å². The molecule has 0 fully saturated rings. The Morgan fingerprint density at radius 1 is 0.418 bits per heavy atom. The van der Waals surface area contributed by atoms with E-state index < -0.39 is 20.2 Å². The summed E-state index contributed by atoms with van der Waals surface area (Å²) in [5, 5.41) is 0. The molecule has 0 atom stereocenters. The minimum atomic E-state index is -4.72. The van der Waals surface area contributed by atoms with Crippen LogP contribution in [0.25, 0.3) is 0 Å². The number of hydrogen-bond donors (Lipinski definition) is 0. The van der Waals surface area contributed by atoms with E-state index in [0.29, 0.717) is 35.5 Å². The molecule has 0 aliphatic rings. The number of rotatable bonds is 34. The molecule has 0 saturated heterocycles. The summed E-state index contributed by atoms with van der Waals surface area (Å²) in [6.45, 7) is 4.50. The predicted molar refractivity (Wildman–Crippen MR) is 217 cm³/mol. The van der Waals surface area contributed by atoms with Crippen molar-refractivity contribution < 1.29 is 89.8 Å². The zero-order valence-corrected chi connectivity index (χ0v) is 41.0. The minimum Gasteiger partial charge on any atom is -0.744 e. The normalized spacial score (nSPS) is 11.6. The SMILES string of the molecule is CCCCCCCCCCCCCCCCc1cc(Oc2ccc(S(=O)(=O)[O-])cc2)cc(CCCCCCCCCCCCCCCC)c1S(=O)(=O)[O-].[Na+].[Na+]. The van der Waals surface area contributed by atoms with Gasteiger partial charge in [-0.1, -0.05) is 181 Å². The van der Waals surface area contributed by atoms with Crippen LogP contribution in [0.15, 0.2) is 46.2 Å². The number of ether oxygens (including phenoxy) is 1. The van der Waals surface area contributed by atoms with E-state index in [1.807, 2.05) is 0 Å². The monoisotopic (exact) mass is 822 g/mol. The van der Waals surface area contributed by atoms with Crippen molar-refractivity contribution in [1.82, 2.24) is 0 Å². The summed E-state index contributed by atoms with van der Waals surface area (Å²) in [5.41, 5.74) is 0.964. The maximum Gasteiger partial charge on any atom is 1.00 e. The first-order valence-electron chi connectivity index (χ1n) is 21.4. The van der Waals surface area contributed by atoms with Crippen LogP contribution in [-0.2, 0) is 33.1 Å². The molecule has 0 bridgehead atoms. The molecule has 0 heterocycles. The Labute approximate surface area is 381 Å². The fourth-order valence-electron chi connectivity index (χ4n) is 7.30. The van der Waals surface area contributed by atoms with Crippen LogP contribution in [0.4, 0.5) is 0 Å². The second-order valence-electron chi connectivity index (χ2n) is 15.2. The van der Waals surface area contributed by atoms with Crippen LogP contribution in [0, 0.1) is 0 Å². The average molecular weight is 823 g/mol. The smallest absolute Gasteiger partial charge is 0.744 e. The van der Waals surface area contributed by atoms with Crippen molar-refractivity contribution in [3.05, 3.63) is 47.5 Å². The number of benzene rings is 2. The fourth-order valence-corrected chi connectivity index (χ4v) is 8.74. The Balaban J connectivity index is 0.0000146. The van der Waals surface area contributed by atoms with Gasteiger partial charge in [0.2, 0.25) is 0 Å². The first-order valence-corrected chi connectivity index (χ1v) is 24.2. The maximum absolute atomic E-state index is 12.7. The predicted octanol–water partition coefficient (Wildman–Crippen LogP) is 7.34. The average Bonchev–Trinajstić information content (AvgIpc) is 3.11. The Bertz CT molecular complexity index is 1400. The second kappa shape index (κ2) is 33.8. The van der Waals surface area contributed by atoms with Crippen LogP contribution < -0.4 is 63.9 Å². The minimum absolute atomic E-state index is 0. The van der Waals surface area contributed by atoms with Crippen LogP contribution in [0.3, 0.4) is 0 Å². The maximum atomic E-state index is 12.7. The molecule has 0 aliphatic heterocycles. The first-order chi connectivity index (χ1) is 25.6. The number of unbranched alkanes of at least 4 members (excludes halogenated alkanes) is 26. The van der Waals surface area contributed by atoms with E-state index in [0.717, 1.165) is 51.4 Å². The molecule has 11 heteroatoms. The van der Waals surface area contributed by atoms with Gasteiger partial charge < -0.3 is 13.8 Å². The van der Waals surface area contributed by atoms with Crippen LogP contribution in [0.1, 0.15) is 205 Å². The van der Waals surface area contributed by atoms with Crippen molar-refractivity contribution in [3.63, 3.8) is 0 Å². The van der Waals surface area contributed by atoms with Gasteiger partial charge in [-0.05, 0) is 73.2 Å².